The summed E-state index contributed by atoms with van der Waals surface area (Å²) in [5.74, 6) is -0.453. The van der Waals surface area contributed by atoms with Crippen LogP contribution in [0.1, 0.15) is 10.4 Å². The Bertz CT molecular complexity index is 1240. The lowest BCUT2D eigenvalue weighted by molar-refractivity contribution is -0.119. The Morgan fingerprint density at radius 2 is 1.64 bits per heavy atom. The predicted molar refractivity (Wildman–Crippen MR) is 122 cm³/mol. The summed E-state index contributed by atoms with van der Waals surface area (Å²) in [5, 5.41) is 2.59. The highest BCUT2D eigenvalue weighted by Gasteiger charge is 2.16. The highest BCUT2D eigenvalue weighted by molar-refractivity contribution is 7.92. The van der Waals surface area contributed by atoms with Crippen molar-refractivity contribution in [2.75, 3.05) is 30.9 Å². The first-order chi connectivity index (χ1) is 15.8. The maximum atomic E-state index is 12.5. The zero-order valence-corrected chi connectivity index (χ0v) is 18.7. The second-order valence-corrected chi connectivity index (χ2v) is 8.37. The number of methoxy groups -OCH3 is 2. The normalized spacial score (nSPS) is 10.7. The number of carbonyl (C=O) groups excluding carboxylic acids is 2. The number of hydrogen-bond acceptors (Lipinski definition) is 7. The van der Waals surface area contributed by atoms with E-state index >= 15 is 0 Å². The molecule has 0 fully saturated rings. The van der Waals surface area contributed by atoms with Crippen LogP contribution in [0.25, 0.3) is 0 Å². The minimum absolute atomic E-state index is 0.0787. The van der Waals surface area contributed by atoms with Gasteiger partial charge in [0, 0.05) is 11.8 Å². The van der Waals surface area contributed by atoms with Crippen molar-refractivity contribution in [3.05, 3.63) is 78.4 Å². The Balaban J connectivity index is 1.63. The van der Waals surface area contributed by atoms with Gasteiger partial charge in [-0.25, -0.2) is 13.2 Å². The predicted octanol–water partition coefficient (Wildman–Crippen LogP) is 3.30. The van der Waals surface area contributed by atoms with Crippen molar-refractivity contribution in [2.24, 2.45) is 0 Å². The number of anilines is 2. The van der Waals surface area contributed by atoms with E-state index in [4.69, 9.17) is 14.2 Å². The van der Waals surface area contributed by atoms with Gasteiger partial charge in [0.1, 0.15) is 11.5 Å². The zero-order valence-electron chi connectivity index (χ0n) is 17.9. The van der Waals surface area contributed by atoms with Gasteiger partial charge in [-0.3, -0.25) is 9.52 Å². The van der Waals surface area contributed by atoms with Gasteiger partial charge in [0.15, 0.2) is 6.61 Å². The second-order valence-electron chi connectivity index (χ2n) is 6.69. The van der Waals surface area contributed by atoms with E-state index in [0.717, 1.165) is 0 Å². The molecule has 0 saturated carbocycles. The van der Waals surface area contributed by atoms with E-state index < -0.39 is 28.5 Å². The third kappa shape index (κ3) is 6.23. The van der Waals surface area contributed by atoms with Crippen molar-refractivity contribution in [1.82, 2.24) is 0 Å². The molecule has 1 amide bonds. The van der Waals surface area contributed by atoms with E-state index in [9.17, 15) is 18.0 Å². The highest BCUT2D eigenvalue weighted by Crippen LogP contribution is 2.28. The average molecular weight is 471 g/mol. The quantitative estimate of drug-likeness (QED) is 0.461. The molecule has 0 spiro atoms. The summed E-state index contributed by atoms with van der Waals surface area (Å²) in [4.78, 5) is 24.7. The van der Waals surface area contributed by atoms with Gasteiger partial charge in [0.2, 0.25) is 0 Å². The number of benzene rings is 3. The molecule has 3 rings (SSSR count). The van der Waals surface area contributed by atoms with Crippen molar-refractivity contribution in [1.29, 1.82) is 0 Å². The van der Waals surface area contributed by atoms with Crippen LogP contribution in [-0.4, -0.2) is 41.1 Å². The molecule has 0 aliphatic rings. The lowest BCUT2D eigenvalue weighted by Gasteiger charge is -2.12. The van der Waals surface area contributed by atoms with Crippen molar-refractivity contribution < 1.29 is 32.2 Å². The number of hydrogen-bond donors (Lipinski definition) is 2. The van der Waals surface area contributed by atoms with Crippen LogP contribution < -0.4 is 19.5 Å². The smallest absolute Gasteiger partial charge is 0.338 e. The summed E-state index contributed by atoms with van der Waals surface area (Å²) in [6, 6.07) is 18.5. The number of esters is 1. The SMILES string of the molecule is COc1ccc(OC)c(NC(=O)COC(=O)c2cccc(NS(=O)(=O)c3ccccc3)c2)c1. The molecule has 3 aromatic rings. The third-order valence-electron chi connectivity index (χ3n) is 4.42. The molecule has 2 N–H and O–H groups in total. The van der Waals surface area contributed by atoms with Gasteiger partial charge in [-0.05, 0) is 42.5 Å². The fourth-order valence-corrected chi connectivity index (χ4v) is 3.91. The molecule has 0 unspecified atom stereocenters. The van der Waals surface area contributed by atoms with Gasteiger partial charge >= 0.3 is 5.97 Å². The number of ether oxygens (including phenoxy) is 3. The molecule has 0 saturated heterocycles. The van der Waals surface area contributed by atoms with E-state index in [2.05, 4.69) is 10.0 Å². The molecule has 10 heteroatoms. The largest absolute Gasteiger partial charge is 0.497 e. The molecule has 0 heterocycles. The number of amides is 1. The van der Waals surface area contributed by atoms with Crippen LogP contribution in [0.2, 0.25) is 0 Å². The van der Waals surface area contributed by atoms with Gasteiger partial charge in [-0.15, -0.1) is 0 Å². The van der Waals surface area contributed by atoms with Gasteiger partial charge in [-0.1, -0.05) is 24.3 Å². The van der Waals surface area contributed by atoms with Crippen molar-refractivity contribution in [2.45, 2.75) is 4.90 Å². The molecule has 172 valence electrons. The van der Waals surface area contributed by atoms with Crippen LogP contribution in [-0.2, 0) is 19.6 Å². The Labute approximate surface area is 191 Å². The van der Waals surface area contributed by atoms with Gasteiger partial charge < -0.3 is 19.5 Å². The van der Waals surface area contributed by atoms with Gasteiger partial charge in [-0.2, -0.15) is 0 Å². The molecular formula is C23H22N2O7S. The summed E-state index contributed by atoms with van der Waals surface area (Å²) in [5.41, 5.74) is 0.615. The fraction of sp³-hybridized carbons (Fsp3) is 0.130. The van der Waals surface area contributed by atoms with Crippen molar-refractivity contribution in [3.63, 3.8) is 0 Å². The summed E-state index contributed by atoms with van der Waals surface area (Å²) in [6.07, 6.45) is 0. The molecular weight excluding hydrogens is 448 g/mol. The standard InChI is InChI=1S/C23H22N2O7S/c1-30-18-11-12-21(31-2)20(14-18)24-22(26)15-32-23(27)16-7-6-8-17(13-16)25-33(28,29)19-9-4-3-5-10-19/h3-14,25H,15H2,1-2H3,(H,24,26). The summed E-state index contributed by atoms with van der Waals surface area (Å²) < 4.78 is 42.7. The number of sulfonamides is 1. The summed E-state index contributed by atoms with van der Waals surface area (Å²) >= 11 is 0. The molecule has 9 nitrogen and oxygen atoms in total. The second kappa shape index (κ2) is 10.5. The van der Waals surface area contributed by atoms with E-state index in [1.54, 1.807) is 36.4 Å². The molecule has 0 aliphatic heterocycles. The molecule has 0 bridgehead atoms. The molecule has 3 aromatic carbocycles. The number of carbonyl (C=O) groups is 2. The Morgan fingerprint density at radius 3 is 2.33 bits per heavy atom. The Kier molecular flexibility index (Phi) is 7.52. The van der Waals surface area contributed by atoms with Crippen molar-refractivity contribution >= 4 is 33.3 Å². The van der Waals surface area contributed by atoms with Crippen LogP contribution in [0.3, 0.4) is 0 Å². The van der Waals surface area contributed by atoms with E-state index in [-0.39, 0.29) is 16.1 Å². The zero-order chi connectivity index (χ0) is 23.8. The van der Waals surface area contributed by atoms with Crippen LogP contribution in [0, 0.1) is 0 Å². The lowest BCUT2D eigenvalue weighted by Crippen LogP contribution is -2.21. The first-order valence-electron chi connectivity index (χ1n) is 9.69. The number of rotatable bonds is 9. The minimum atomic E-state index is -3.82. The van der Waals surface area contributed by atoms with Gasteiger partial charge in [0.05, 0.1) is 30.4 Å². The van der Waals surface area contributed by atoms with E-state index in [1.165, 1.54) is 50.6 Å². The van der Waals surface area contributed by atoms with Crippen LogP contribution in [0.15, 0.2) is 77.7 Å². The maximum Gasteiger partial charge on any atom is 0.338 e. The summed E-state index contributed by atoms with van der Waals surface area (Å²) in [7, 11) is -0.873. The number of nitrogens with one attached hydrogen (secondary N) is 2. The Hall–Kier alpha value is -4.05. The monoisotopic (exact) mass is 470 g/mol. The van der Waals surface area contributed by atoms with E-state index in [1.807, 2.05) is 0 Å². The van der Waals surface area contributed by atoms with Crippen LogP contribution in [0.4, 0.5) is 11.4 Å². The Morgan fingerprint density at radius 1 is 0.879 bits per heavy atom. The van der Waals surface area contributed by atoms with Crippen LogP contribution in [0.5, 0.6) is 11.5 Å². The van der Waals surface area contributed by atoms with Crippen LogP contribution >= 0.6 is 0 Å². The highest BCUT2D eigenvalue weighted by atomic mass is 32.2. The summed E-state index contributed by atoms with van der Waals surface area (Å²) in [6.45, 7) is -0.556. The molecule has 0 aliphatic carbocycles. The lowest BCUT2D eigenvalue weighted by atomic mass is 10.2. The first kappa shape index (κ1) is 23.6. The topological polar surface area (TPSA) is 120 Å². The minimum Gasteiger partial charge on any atom is -0.497 e. The fourth-order valence-electron chi connectivity index (χ4n) is 2.84. The molecule has 0 radical (unpaired) electrons. The maximum absolute atomic E-state index is 12.5. The molecule has 0 aromatic heterocycles. The average Bonchev–Trinajstić information content (AvgIpc) is 2.83. The first-order valence-corrected chi connectivity index (χ1v) is 11.2. The molecule has 0 atom stereocenters. The third-order valence-corrected chi connectivity index (χ3v) is 5.82. The molecule has 33 heavy (non-hydrogen) atoms. The van der Waals surface area contributed by atoms with Crippen molar-refractivity contribution in [3.8, 4) is 11.5 Å². The van der Waals surface area contributed by atoms with Gasteiger partial charge in [0.25, 0.3) is 15.9 Å². The van der Waals surface area contributed by atoms with E-state index in [0.29, 0.717) is 17.2 Å².